The molecule has 2 aliphatic rings. The van der Waals surface area contributed by atoms with Gasteiger partial charge < -0.3 is 15.0 Å². The minimum absolute atomic E-state index is 0.151. The highest BCUT2D eigenvalue weighted by Crippen LogP contribution is 2.32. The Balaban J connectivity index is 1.50. The number of carbonyl (C=O) groups excluding carboxylic acids is 3. The molecule has 2 fully saturated rings. The average Bonchev–Trinajstić information content (AvgIpc) is 3.57. The van der Waals surface area contributed by atoms with Gasteiger partial charge in [-0.25, -0.2) is 4.79 Å². The zero-order valence-electron chi connectivity index (χ0n) is 18.1. The Morgan fingerprint density at radius 1 is 1.16 bits per heavy atom. The van der Waals surface area contributed by atoms with Crippen molar-refractivity contribution in [3.05, 3.63) is 65.2 Å². The van der Waals surface area contributed by atoms with Gasteiger partial charge in [-0.3, -0.25) is 14.5 Å². The van der Waals surface area contributed by atoms with E-state index < -0.39 is 17.5 Å². The fraction of sp³-hybridized carbons (Fsp3) is 0.375. The number of amides is 4. The maximum absolute atomic E-state index is 13.2. The molecule has 2 aromatic rings. The van der Waals surface area contributed by atoms with Crippen LogP contribution in [-0.2, 0) is 21.7 Å². The second kappa shape index (κ2) is 8.06. The molecule has 162 valence electrons. The Kier molecular flexibility index (Phi) is 5.43. The summed E-state index contributed by atoms with van der Waals surface area (Å²) in [5, 5.41) is 2.79. The van der Waals surface area contributed by atoms with Crippen LogP contribution in [0.2, 0.25) is 0 Å². The Labute approximate surface area is 182 Å². The van der Waals surface area contributed by atoms with Gasteiger partial charge >= 0.3 is 6.03 Å². The molecule has 7 nitrogen and oxygen atoms in total. The summed E-state index contributed by atoms with van der Waals surface area (Å²) in [4.78, 5) is 41.8. The molecule has 0 aromatic heterocycles. The first-order valence-electron chi connectivity index (χ1n) is 10.5. The molecule has 4 rings (SSSR count). The molecule has 0 radical (unpaired) electrons. The van der Waals surface area contributed by atoms with E-state index in [1.807, 2.05) is 55.5 Å². The van der Waals surface area contributed by atoms with Gasteiger partial charge in [-0.1, -0.05) is 36.4 Å². The highest BCUT2D eigenvalue weighted by molar-refractivity contribution is 6.09. The molecular formula is C24H27N3O4. The number of imide groups is 1. The lowest BCUT2D eigenvalue weighted by atomic mass is 9.88. The molecule has 7 heteroatoms. The second-order valence-corrected chi connectivity index (χ2v) is 8.36. The van der Waals surface area contributed by atoms with Crippen molar-refractivity contribution in [1.82, 2.24) is 15.1 Å². The number of urea groups is 1. The first-order valence-corrected chi connectivity index (χ1v) is 10.5. The lowest BCUT2D eigenvalue weighted by molar-refractivity contribution is -0.139. The summed E-state index contributed by atoms with van der Waals surface area (Å²) >= 11 is 0. The smallest absolute Gasteiger partial charge is 0.325 e. The van der Waals surface area contributed by atoms with E-state index in [0.717, 1.165) is 40.2 Å². The van der Waals surface area contributed by atoms with Gasteiger partial charge in [0, 0.05) is 12.6 Å². The van der Waals surface area contributed by atoms with E-state index in [0.29, 0.717) is 6.54 Å². The van der Waals surface area contributed by atoms with Crippen LogP contribution < -0.4 is 10.1 Å². The molecule has 1 saturated heterocycles. The number of nitrogens with zero attached hydrogens (tertiary/aromatic N) is 2. The number of nitrogens with one attached hydrogen (secondary N) is 1. The Morgan fingerprint density at radius 3 is 2.45 bits per heavy atom. The molecule has 2 aromatic carbocycles. The van der Waals surface area contributed by atoms with Gasteiger partial charge in [-0.2, -0.15) is 0 Å². The van der Waals surface area contributed by atoms with Gasteiger partial charge in [-0.05, 0) is 55.5 Å². The topological polar surface area (TPSA) is 79.0 Å². The average molecular weight is 421 g/mol. The number of aryl methyl sites for hydroxylation is 1. The molecule has 4 amide bonds. The van der Waals surface area contributed by atoms with Crippen LogP contribution in [0.25, 0.3) is 0 Å². The molecule has 1 unspecified atom stereocenters. The van der Waals surface area contributed by atoms with Crippen molar-refractivity contribution in [3.8, 4) is 5.75 Å². The van der Waals surface area contributed by atoms with E-state index >= 15 is 0 Å². The summed E-state index contributed by atoms with van der Waals surface area (Å²) < 4.78 is 5.19. The summed E-state index contributed by atoms with van der Waals surface area (Å²) in [6.45, 7) is 3.76. The number of hydrogen-bond donors (Lipinski definition) is 1. The van der Waals surface area contributed by atoms with E-state index in [-0.39, 0.29) is 18.5 Å². The van der Waals surface area contributed by atoms with Crippen molar-refractivity contribution < 1.29 is 19.1 Å². The Morgan fingerprint density at radius 2 is 1.84 bits per heavy atom. The molecule has 1 heterocycles. The third kappa shape index (κ3) is 4.00. The van der Waals surface area contributed by atoms with E-state index in [2.05, 4.69) is 5.32 Å². The number of rotatable bonds is 7. The predicted molar refractivity (Wildman–Crippen MR) is 115 cm³/mol. The van der Waals surface area contributed by atoms with Crippen LogP contribution in [-0.4, -0.2) is 47.3 Å². The van der Waals surface area contributed by atoms with E-state index in [1.54, 1.807) is 18.9 Å². The first kappa shape index (κ1) is 20.9. The predicted octanol–water partition coefficient (Wildman–Crippen LogP) is 2.96. The molecule has 0 spiro atoms. The third-order valence-electron chi connectivity index (χ3n) is 6.07. The molecular weight excluding hydrogens is 394 g/mol. The summed E-state index contributed by atoms with van der Waals surface area (Å²) in [6.07, 6.45) is 1.87. The Bertz CT molecular complexity index is 1020. The van der Waals surface area contributed by atoms with Gasteiger partial charge in [0.05, 0.1) is 7.11 Å². The van der Waals surface area contributed by atoms with Crippen LogP contribution >= 0.6 is 0 Å². The standard InChI is InChI=1S/C24H27N3O4/c1-16-6-4-5-7-20(16)24(2)22(29)27(23(30)25-24)15-21(28)26(18-10-11-18)14-17-8-12-19(31-3)13-9-17/h4-9,12-13,18H,10-11,14-15H2,1-3H3,(H,25,30). The van der Waals surface area contributed by atoms with Gasteiger partial charge in [0.25, 0.3) is 5.91 Å². The number of methoxy groups -OCH3 is 1. The summed E-state index contributed by atoms with van der Waals surface area (Å²) in [5.74, 6) is 0.124. The van der Waals surface area contributed by atoms with E-state index in [9.17, 15) is 14.4 Å². The van der Waals surface area contributed by atoms with Crippen molar-refractivity contribution >= 4 is 17.8 Å². The quantitative estimate of drug-likeness (QED) is 0.697. The summed E-state index contributed by atoms with van der Waals surface area (Å²) in [5.41, 5.74) is 1.44. The zero-order chi connectivity index (χ0) is 22.2. The molecule has 1 aliphatic carbocycles. The second-order valence-electron chi connectivity index (χ2n) is 8.36. The van der Waals surface area contributed by atoms with E-state index in [1.165, 1.54) is 0 Å². The van der Waals surface area contributed by atoms with Crippen molar-refractivity contribution in [2.45, 2.75) is 44.8 Å². The number of hydrogen-bond acceptors (Lipinski definition) is 4. The van der Waals surface area contributed by atoms with Crippen LogP contribution in [0, 0.1) is 6.92 Å². The van der Waals surface area contributed by atoms with Gasteiger partial charge in [-0.15, -0.1) is 0 Å². The van der Waals surface area contributed by atoms with Crippen LogP contribution in [0.15, 0.2) is 48.5 Å². The molecule has 1 N–H and O–H groups in total. The highest BCUT2D eigenvalue weighted by Gasteiger charge is 2.50. The summed E-state index contributed by atoms with van der Waals surface area (Å²) in [7, 11) is 1.61. The molecule has 0 bridgehead atoms. The van der Waals surface area contributed by atoms with E-state index in [4.69, 9.17) is 4.74 Å². The summed E-state index contributed by atoms with van der Waals surface area (Å²) in [6, 6.07) is 14.6. The van der Waals surface area contributed by atoms with Crippen molar-refractivity contribution in [1.29, 1.82) is 0 Å². The fourth-order valence-electron chi connectivity index (χ4n) is 4.12. The zero-order valence-corrected chi connectivity index (χ0v) is 18.1. The largest absolute Gasteiger partial charge is 0.497 e. The lowest BCUT2D eigenvalue weighted by Crippen LogP contribution is -2.45. The van der Waals surface area contributed by atoms with Crippen LogP contribution in [0.1, 0.15) is 36.5 Å². The van der Waals surface area contributed by atoms with Gasteiger partial charge in [0.1, 0.15) is 17.8 Å². The number of benzene rings is 2. The van der Waals surface area contributed by atoms with Crippen LogP contribution in [0.4, 0.5) is 4.79 Å². The van der Waals surface area contributed by atoms with Crippen molar-refractivity contribution in [3.63, 3.8) is 0 Å². The Hall–Kier alpha value is -3.35. The highest BCUT2D eigenvalue weighted by atomic mass is 16.5. The molecule has 1 atom stereocenters. The van der Waals surface area contributed by atoms with Crippen LogP contribution in [0.5, 0.6) is 5.75 Å². The van der Waals surface area contributed by atoms with Crippen molar-refractivity contribution in [2.75, 3.05) is 13.7 Å². The number of ether oxygens (including phenoxy) is 1. The molecule has 1 aliphatic heterocycles. The van der Waals surface area contributed by atoms with Crippen LogP contribution in [0.3, 0.4) is 0 Å². The first-order chi connectivity index (χ1) is 14.8. The van der Waals surface area contributed by atoms with Gasteiger partial charge in [0.15, 0.2) is 0 Å². The normalized spacial score (nSPS) is 20.5. The maximum atomic E-state index is 13.2. The minimum atomic E-state index is -1.18. The fourth-order valence-corrected chi connectivity index (χ4v) is 4.12. The maximum Gasteiger partial charge on any atom is 0.325 e. The minimum Gasteiger partial charge on any atom is -0.497 e. The SMILES string of the molecule is COc1ccc(CN(C(=O)CN2C(=O)NC(C)(c3ccccc3C)C2=O)C2CC2)cc1. The lowest BCUT2D eigenvalue weighted by Gasteiger charge is -2.26. The number of carbonyl (C=O) groups is 3. The molecule has 1 saturated carbocycles. The van der Waals surface area contributed by atoms with Crippen molar-refractivity contribution in [2.24, 2.45) is 0 Å². The molecule has 31 heavy (non-hydrogen) atoms. The van der Waals surface area contributed by atoms with Gasteiger partial charge in [0.2, 0.25) is 5.91 Å². The third-order valence-corrected chi connectivity index (χ3v) is 6.07. The monoisotopic (exact) mass is 421 g/mol.